The molecule has 0 fully saturated rings. The summed E-state index contributed by atoms with van der Waals surface area (Å²) in [5.41, 5.74) is 2.92. The summed E-state index contributed by atoms with van der Waals surface area (Å²) in [6.45, 7) is 15.4. The average Bonchev–Trinajstić information content (AvgIpc) is 2.07. The lowest BCUT2D eigenvalue weighted by molar-refractivity contribution is 0.425. The van der Waals surface area contributed by atoms with E-state index >= 15 is 0 Å². The van der Waals surface area contributed by atoms with Gasteiger partial charge in [0, 0.05) is 0 Å². The Kier molecular flexibility index (Phi) is 8.56. The maximum absolute atomic E-state index is 9.31. The first-order valence-electron chi connectivity index (χ1n) is 4.65. The average molecular weight is 182 g/mol. The normalized spacial score (nSPS) is 9.85. The van der Waals surface area contributed by atoms with Gasteiger partial charge in [0.1, 0.15) is 5.76 Å². The zero-order chi connectivity index (χ0) is 11.0. The van der Waals surface area contributed by atoms with E-state index in [2.05, 4.69) is 6.58 Å². The number of aliphatic hydroxyl groups excluding tert-OH is 1. The summed E-state index contributed by atoms with van der Waals surface area (Å²) in [6.07, 6.45) is 1.73. The summed E-state index contributed by atoms with van der Waals surface area (Å²) in [4.78, 5) is 0. The molecule has 1 nitrogen and oxygen atoms in total. The first-order valence-corrected chi connectivity index (χ1v) is 4.65. The molecule has 0 aromatic carbocycles. The number of hydrogen-bond acceptors (Lipinski definition) is 1. The Labute approximate surface area is 82.5 Å². The summed E-state index contributed by atoms with van der Waals surface area (Å²) in [6, 6.07) is 0. The monoisotopic (exact) mass is 182 g/mol. The lowest BCUT2D eigenvalue weighted by Gasteiger charge is -1.99. The molecule has 0 heterocycles. The molecule has 0 saturated heterocycles. The van der Waals surface area contributed by atoms with Crippen molar-refractivity contribution in [2.45, 2.75) is 41.5 Å². The van der Waals surface area contributed by atoms with Crippen LogP contribution in [0.4, 0.5) is 0 Å². The van der Waals surface area contributed by atoms with Gasteiger partial charge in [-0.15, -0.1) is 0 Å². The van der Waals surface area contributed by atoms with Gasteiger partial charge in [0.05, 0.1) is 0 Å². The van der Waals surface area contributed by atoms with Crippen molar-refractivity contribution < 1.29 is 5.11 Å². The van der Waals surface area contributed by atoms with Gasteiger partial charge < -0.3 is 5.11 Å². The molecule has 0 amide bonds. The van der Waals surface area contributed by atoms with E-state index in [-0.39, 0.29) is 0 Å². The van der Waals surface area contributed by atoms with Crippen LogP contribution in [-0.2, 0) is 0 Å². The van der Waals surface area contributed by atoms with Gasteiger partial charge in [-0.1, -0.05) is 26.0 Å². The van der Waals surface area contributed by atoms with Crippen LogP contribution in [0.15, 0.2) is 35.1 Å². The fourth-order valence-electron chi connectivity index (χ4n) is 0.473. The van der Waals surface area contributed by atoms with Crippen molar-refractivity contribution in [3.8, 4) is 0 Å². The second-order valence-electron chi connectivity index (χ2n) is 2.99. The van der Waals surface area contributed by atoms with E-state index in [0.717, 1.165) is 16.7 Å². The van der Waals surface area contributed by atoms with Crippen LogP contribution in [0.1, 0.15) is 41.5 Å². The lowest BCUT2D eigenvalue weighted by Crippen LogP contribution is -1.83. The fourth-order valence-corrected chi connectivity index (χ4v) is 0.473. The highest BCUT2D eigenvalue weighted by atomic mass is 16.3. The highest BCUT2D eigenvalue weighted by Gasteiger charge is 1.93. The quantitative estimate of drug-likeness (QED) is 0.496. The first kappa shape index (κ1) is 14.5. The van der Waals surface area contributed by atoms with Gasteiger partial charge in [-0.25, -0.2) is 0 Å². The van der Waals surface area contributed by atoms with Crippen LogP contribution in [0.25, 0.3) is 0 Å². The van der Waals surface area contributed by atoms with E-state index in [1.165, 1.54) is 0 Å². The third kappa shape index (κ3) is 7.38. The number of aliphatic hydroxyl groups is 1. The second kappa shape index (κ2) is 7.66. The smallest absolute Gasteiger partial charge is 0.114 e. The molecule has 0 aliphatic heterocycles. The van der Waals surface area contributed by atoms with Gasteiger partial charge in [-0.05, 0) is 44.9 Å². The maximum atomic E-state index is 9.31. The molecule has 1 N–H and O–H groups in total. The topological polar surface area (TPSA) is 20.2 Å². The summed E-state index contributed by atoms with van der Waals surface area (Å²) in [5, 5.41) is 9.31. The summed E-state index contributed by atoms with van der Waals surface area (Å²) < 4.78 is 0. The molecule has 76 valence electrons. The van der Waals surface area contributed by atoms with Gasteiger partial charge >= 0.3 is 0 Å². The molecule has 0 radical (unpaired) electrons. The Bertz CT molecular complexity index is 215. The van der Waals surface area contributed by atoms with Crippen LogP contribution in [0.2, 0.25) is 0 Å². The van der Waals surface area contributed by atoms with Crippen molar-refractivity contribution in [2.24, 2.45) is 0 Å². The van der Waals surface area contributed by atoms with Gasteiger partial charge in [0.25, 0.3) is 0 Å². The molecule has 0 aliphatic rings. The Morgan fingerprint density at radius 1 is 1.08 bits per heavy atom. The molecule has 0 saturated carbocycles. The largest absolute Gasteiger partial charge is 0.508 e. The van der Waals surface area contributed by atoms with Crippen molar-refractivity contribution in [2.75, 3.05) is 0 Å². The molecule has 0 bridgehead atoms. The van der Waals surface area contributed by atoms with Gasteiger partial charge in [0.15, 0.2) is 0 Å². The van der Waals surface area contributed by atoms with E-state index in [9.17, 15) is 5.11 Å². The van der Waals surface area contributed by atoms with Crippen LogP contribution < -0.4 is 0 Å². The molecule has 0 aromatic heterocycles. The third-order valence-corrected chi connectivity index (χ3v) is 1.54. The lowest BCUT2D eigenvalue weighted by atomic mass is 10.1. The molecule has 0 aromatic rings. The van der Waals surface area contributed by atoms with Crippen LogP contribution in [-0.4, -0.2) is 5.11 Å². The minimum atomic E-state index is 0.338. The van der Waals surface area contributed by atoms with Gasteiger partial charge in [-0.3, -0.25) is 0 Å². The summed E-state index contributed by atoms with van der Waals surface area (Å²) in [7, 11) is 0. The summed E-state index contributed by atoms with van der Waals surface area (Å²) >= 11 is 0. The minimum Gasteiger partial charge on any atom is -0.508 e. The molecular formula is C12H22O. The predicted molar refractivity (Wildman–Crippen MR) is 60.9 cm³/mol. The second-order valence-corrected chi connectivity index (χ2v) is 2.99. The van der Waals surface area contributed by atoms with Gasteiger partial charge in [-0.2, -0.15) is 0 Å². The minimum absolute atomic E-state index is 0.338. The highest BCUT2D eigenvalue weighted by molar-refractivity contribution is 5.31. The van der Waals surface area contributed by atoms with Crippen molar-refractivity contribution in [3.05, 3.63) is 35.1 Å². The third-order valence-electron chi connectivity index (χ3n) is 1.54. The fraction of sp³-hybridized carbons (Fsp3) is 0.500. The Morgan fingerprint density at radius 3 is 1.69 bits per heavy atom. The van der Waals surface area contributed by atoms with Crippen LogP contribution in [0.3, 0.4) is 0 Å². The highest BCUT2D eigenvalue weighted by Crippen LogP contribution is 2.10. The summed E-state index contributed by atoms with van der Waals surface area (Å²) in [5.74, 6) is 0.338. The first-order chi connectivity index (χ1) is 5.95. The number of rotatable bonds is 2. The molecule has 0 rings (SSSR count). The van der Waals surface area contributed by atoms with E-state index < -0.39 is 0 Å². The SMILES string of the molecule is C=C(C)/C(C)=C\C(O)=C(C)C.CC. The van der Waals surface area contributed by atoms with E-state index in [1.54, 1.807) is 6.08 Å². The van der Waals surface area contributed by atoms with E-state index in [1.807, 2.05) is 41.5 Å². The maximum Gasteiger partial charge on any atom is 0.114 e. The standard InChI is InChI=1S/C10H16O.C2H6/c1-7(2)9(5)6-10(11)8(3)4;1-2/h6,11H,1H2,2-5H3;1-2H3/b9-6-;. The molecule has 0 aliphatic carbocycles. The van der Waals surface area contributed by atoms with Crippen LogP contribution in [0, 0.1) is 0 Å². The Morgan fingerprint density at radius 2 is 1.46 bits per heavy atom. The molecule has 0 atom stereocenters. The van der Waals surface area contributed by atoms with Crippen LogP contribution >= 0.6 is 0 Å². The van der Waals surface area contributed by atoms with Gasteiger partial charge in [0.2, 0.25) is 0 Å². The van der Waals surface area contributed by atoms with Crippen molar-refractivity contribution in [1.29, 1.82) is 0 Å². The predicted octanol–water partition coefficient (Wildman–Crippen LogP) is 4.39. The molecule has 0 spiro atoms. The Hall–Kier alpha value is -0.980. The van der Waals surface area contributed by atoms with Crippen LogP contribution in [0.5, 0.6) is 0 Å². The molecular weight excluding hydrogens is 160 g/mol. The van der Waals surface area contributed by atoms with E-state index in [0.29, 0.717) is 5.76 Å². The number of allylic oxidation sites excluding steroid dienone is 4. The van der Waals surface area contributed by atoms with Crippen molar-refractivity contribution in [1.82, 2.24) is 0 Å². The van der Waals surface area contributed by atoms with E-state index in [4.69, 9.17) is 0 Å². The molecule has 0 unspecified atom stereocenters. The zero-order valence-corrected chi connectivity index (χ0v) is 9.73. The zero-order valence-electron chi connectivity index (χ0n) is 9.73. The molecule has 13 heavy (non-hydrogen) atoms. The van der Waals surface area contributed by atoms with Crippen molar-refractivity contribution >= 4 is 0 Å². The number of hydrogen-bond donors (Lipinski definition) is 1. The Balaban J connectivity index is 0. The van der Waals surface area contributed by atoms with Crippen molar-refractivity contribution in [3.63, 3.8) is 0 Å². The molecule has 1 heteroatoms.